The minimum absolute atomic E-state index is 0.0892. The smallest absolute Gasteiger partial charge is 0.322 e. The van der Waals surface area contributed by atoms with Crippen molar-refractivity contribution >= 4 is 11.7 Å². The standard InChI is InChI=1S/C19H26N4O/c1-16-10-12-20-14-18(16)23(15-17-8-5-4-6-9-17)19(24)21-11-7-13-22(2)3/h4-6,8-10,12,14H,7,11,13,15H2,1-3H3,(H,21,24). The zero-order chi connectivity index (χ0) is 17.4. The van der Waals surface area contributed by atoms with Gasteiger partial charge in [-0.1, -0.05) is 30.3 Å². The molecule has 0 aliphatic rings. The summed E-state index contributed by atoms with van der Waals surface area (Å²) in [4.78, 5) is 20.8. The van der Waals surface area contributed by atoms with Gasteiger partial charge >= 0.3 is 6.03 Å². The molecule has 128 valence electrons. The van der Waals surface area contributed by atoms with Crippen LogP contribution < -0.4 is 10.2 Å². The van der Waals surface area contributed by atoms with Gasteiger partial charge in [-0.2, -0.15) is 0 Å². The van der Waals surface area contributed by atoms with Crippen molar-refractivity contribution in [3.8, 4) is 0 Å². The number of aromatic nitrogens is 1. The number of benzene rings is 1. The van der Waals surface area contributed by atoms with E-state index >= 15 is 0 Å². The Labute approximate surface area is 144 Å². The van der Waals surface area contributed by atoms with E-state index in [4.69, 9.17) is 0 Å². The summed E-state index contributed by atoms with van der Waals surface area (Å²) in [5.74, 6) is 0. The molecule has 0 fully saturated rings. The largest absolute Gasteiger partial charge is 0.338 e. The highest BCUT2D eigenvalue weighted by molar-refractivity contribution is 5.92. The molecule has 5 nitrogen and oxygen atoms in total. The van der Waals surface area contributed by atoms with Gasteiger partial charge < -0.3 is 10.2 Å². The number of carbonyl (C=O) groups excluding carboxylic acids is 1. The number of carbonyl (C=O) groups is 1. The van der Waals surface area contributed by atoms with Gasteiger partial charge in [-0.25, -0.2) is 4.79 Å². The first-order valence-electron chi connectivity index (χ1n) is 8.22. The molecule has 0 radical (unpaired) electrons. The summed E-state index contributed by atoms with van der Waals surface area (Å²) < 4.78 is 0. The highest BCUT2D eigenvalue weighted by Crippen LogP contribution is 2.20. The van der Waals surface area contributed by atoms with E-state index < -0.39 is 0 Å². The Morgan fingerprint density at radius 1 is 1.17 bits per heavy atom. The lowest BCUT2D eigenvalue weighted by atomic mass is 10.2. The van der Waals surface area contributed by atoms with Crippen molar-refractivity contribution < 1.29 is 4.79 Å². The highest BCUT2D eigenvalue weighted by atomic mass is 16.2. The lowest BCUT2D eigenvalue weighted by Gasteiger charge is -2.24. The fourth-order valence-corrected chi connectivity index (χ4v) is 2.46. The molecular weight excluding hydrogens is 300 g/mol. The number of hydrogen-bond acceptors (Lipinski definition) is 3. The Morgan fingerprint density at radius 2 is 1.92 bits per heavy atom. The number of nitrogens with zero attached hydrogens (tertiary/aromatic N) is 3. The van der Waals surface area contributed by atoms with Gasteiger partial charge in [0.25, 0.3) is 0 Å². The Balaban J connectivity index is 2.10. The Hall–Kier alpha value is -2.40. The van der Waals surface area contributed by atoms with E-state index in [-0.39, 0.29) is 6.03 Å². The van der Waals surface area contributed by atoms with Gasteiger partial charge in [0.1, 0.15) is 0 Å². The molecule has 1 heterocycles. The molecule has 2 aromatic rings. The molecule has 0 aliphatic carbocycles. The number of hydrogen-bond donors (Lipinski definition) is 1. The van der Waals surface area contributed by atoms with Gasteiger partial charge in [-0.15, -0.1) is 0 Å². The van der Waals surface area contributed by atoms with Crippen molar-refractivity contribution in [2.24, 2.45) is 0 Å². The van der Waals surface area contributed by atoms with Crippen molar-refractivity contribution in [2.75, 3.05) is 32.1 Å². The van der Waals surface area contributed by atoms with Crippen molar-refractivity contribution in [1.29, 1.82) is 0 Å². The molecule has 2 amide bonds. The molecule has 1 aromatic carbocycles. The first-order chi connectivity index (χ1) is 11.6. The van der Waals surface area contributed by atoms with Crippen LogP contribution in [0.2, 0.25) is 0 Å². The molecule has 0 aliphatic heterocycles. The minimum Gasteiger partial charge on any atom is -0.338 e. The van der Waals surface area contributed by atoms with Crippen LogP contribution in [0.1, 0.15) is 17.5 Å². The van der Waals surface area contributed by atoms with Crippen molar-refractivity contribution in [1.82, 2.24) is 15.2 Å². The van der Waals surface area contributed by atoms with Crippen LogP contribution in [0.3, 0.4) is 0 Å². The lowest BCUT2D eigenvalue weighted by molar-refractivity contribution is 0.245. The average molecular weight is 326 g/mol. The molecule has 5 heteroatoms. The van der Waals surface area contributed by atoms with Crippen LogP contribution in [0.4, 0.5) is 10.5 Å². The molecule has 0 atom stereocenters. The number of aryl methyl sites for hydroxylation is 1. The predicted octanol–water partition coefficient (Wildman–Crippen LogP) is 3.06. The van der Waals surface area contributed by atoms with Crippen LogP contribution in [0.15, 0.2) is 48.8 Å². The van der Waals surface area contributed by atoms with E-state index in [2.05, 4.69) is 15.2 Å². The zero-order valence-electron chi connectivity index (χ0n) is 14.7. The molecule has 1 aromatic heterocycles. The maximum absolute atomic E-state index is 12.7. The van der Waals surface area contributed by atoms with E-state index in [1.54, 1.807) is 17.3 Å². The van der Waals surface area contributed by atoms with Crippen LogP contribution >= 0.6 is 0 Å². The summed E-state index contributed by atoms with van der Waals surface area (Å²) in [6, 6.07) is 11.8. The first kappa shape index (κ1) is 17.9. The molecule has 0 unspecified atom stereocenters. The zero-order valence-corrected chi connectivity index (χ0v) is 14.7. The number of amides is 2. The quantitative estimate of drug-likeness (QED) is 0.796. The van der Waals surface area contributed by atoms with Crippen molar-refractivity contribution in [3.05, 3.63) is 59.9 Å². The van der Waals surface area contributed by atoms with E-state index in [0.29, 0.717) is 13.1 Å². The van der Waals surface area contributed by atoms with Crippen LogP contribution in [-0.2, 0) is 6.54 Å². The predicted molar refractivity (Wildman–Crippen MR) is 98.2 cm³/mol. The molecule has 1 N–H and O–H groups in total. The van der Waals surface area contributed by atoms with E-state index in [1.807, 2.05) is 57.4 Å². The summed E-state index contributed by atoms with van der Waals surface area (Å²) in [5.41, 5.74) is 2.96. The number of pyridine rings is 1. The molecule has 0 saturated heterocycles. The molecule has 0 spiro atoms. The van der Waals surface area contributed by atoms with Crippen LogP contribution in [0.5, 0.6) is 0 Å². The SMILES string of the molecule is Cc1ccncc1N(Cc1ccccc1)C(=O)NCCCN(C)C. The summed E-state index contributed by atoms with van der Waals surface area (Å²) in [6.07, 6.45) is 4.41. The normalized spacial score (nSPS) is 10.7. The molecule has 0 bridgehead atoms. The number of rotatable bonds is 7. The fourth-order valence-electron chi connectivity index (χ4n) is 2.46. The van der Waals surface area contributed by atoms with E-state index in [1.165, 1.54) is 0 Å². The average Bonchev–Trinajstić information content (AvgIpc) is 2.58. The third kappa shape index (κ3) is 5.35. The topological polar surface area (TPSA) is 48.5 Å². The van der Waals surface area contributed by atoms with E-state index in [0.717, 1.165) is 29.8 Å². The van der Waals surface area contributed by atoms with Gasteiger partial charge in [0.2, 0.25) is 0 Å². The van der Waals surface area contributed by atoms with Crippen LogP contribution in [0, 0.1) is 6.92 Å². The summed E-state index contributed by atoms with van der Waals surface area (Å²) in [6.45, 7) is 4.12. The third-order valence-corrected chi connectivity index (χ3v) is 3.79. The number of nitrogens with one attached hydrogen (secondary N) is 1. The minimum atomic E-state index is -0.0892. The number of anilines is 1. The second kappa shape index (κ2) is 9.03. The van der Waals surface area contributed by atoms with Gasteiger partial charge in [-0.05, 0) is 51.2 Å². The Morgan fingerprint density at radius 3 is 2.58 bits per heavy atom. The molecule has 0 saturated carbocycles. The summed E-state index contributed by atoms with van der Waals surface area (Å²) in [5, 5.41) is 3.02. The fraction of sp³-hybridized carbons (Fsp3) is 0.368. The molecular formula is C19H26N4O. The van der Waals surface area contributed by atoms with Crippen LogP contribution in [-0.4, -0.2) is 43.1 Å². The van der Waals surface area contributed by atoms with Gasteiger partial charge in [0.05, 0.1) is 18.4 Å². The maximum atomic E-state index is 12.7. The Bertz CT molecular complexity index is 643. The first-order valence-corrected chi connectivity index (χ1v) is 8.22. The Kier molecular flexibility index (Phi) is 6.75. The van der Waals surface area contributed by atoms with Gasteiger partial charge in [0, 0.05) is 12.7 Å². The third-order valence-electron chi connectivity index (χ3n) is 3.79. The highest BCUT2D eigenvalue weighted by Gasteiger charge is 2.17. The number of urea groups is 1. The maximum Gasteiger partial charge on any atom is 0.322 e. The summed E-state index contributed by atoms with van der Waals surface area (Å²) in [7, 11) is 4.06. The second-order valence-corrected chi connectivity index (χ2v) is 6.12. The second-order valence-electron chi connectivity index (χ2n) is 6.12. The van der Waals surface area contributed by atoms with Crippen molar-refractivity contribution in [3.63, 3.8) is 0 Å². The monoisotopic (exact) mass is 326 g/mol. The van der Waals surface area contributed by atoms with E-state index in [9.17, 15) is 4.79 Å². The van der Waals surface area contributed by atoms with Gasteiger partial charge in [0.15, 0.2) is 0 Å². The van der Waals surface area contributed by atoms with Crippen molar-refractivity contribution in [2.45, 2.75) is 19.9 Å². The molecule has 24 heavy (non-hydrogen) atoms. The van der Waals surface area contributed by atoms with Crippen LogP contribution in [0.25, 0.3) is 0 Å². The lowest BCUT2D eigenvalue weighted by Crippen LogP contribution is -2.41. The summed E-state index contributed by atoms with van der Waals surface area (Å²) >= 11 is 0. The molecule has 2 rings (SSSR count). The van der Waals surface area contributed by atoms with Gasteiger partial charge in [-0.3, -0.25) is 9.88 Å².